The topological polar surface area (TPSA) is 29.3 Å². The second-order valence-corrected chi connectivity index (χ2v) is 11.4. The molecule has 0 radical (unpaired) electrons. The molecule has 3 heterocycles. The largest absolute Gasteiger partial charge is 0.436 e. The summed E-state index contributed by atoms with van der Waals surface area (Å²) in [6.07, 6.45) is 9.00. The first-order valence-electron chi connectivity index (χ1n) is 13.3. The van der Waals surface area contributed by atoms with Gasteiger partial charge in [0.25, 0.3) is 0 Å². The summed E-state index contributed by atoms with van der Waals surface area (Å²) in [5.41, 5.74) is 6.61. The maximum Gasteiger partial charge on any atom is 0.227 e. The van der Waals surface area contributed by atoms with E-state index >= 15 is 0 Å². The molecule has 2 aliphatic rings. The Morgan fingerprint density at radius 3 is 2.46 bits per heavy atom. The summed E-state index contributed by atoms with van der Waals surface area (Å²) >= 11 is 1.80. The molecule has 9 rings (SSSR count). The first-order chi connectivity index (χ1) is 19.3. The van der Waals surface area contributed by atoms with Crippen LogP contribution in [0.15, 0.2) is 126 Å². The van der Waals surface area contributed by atoms with Crippen molar-refractivity contribution in [2.24, 2.45) is 0 Å². The van der Waals surface area contributed by atoms with E-state index < -0.39 is 0 Å². The van der Waals surface area contributed by atoms with E-state index in [0.29, 0.717) is 11.8 Å². The highest BCUT2D eigenvalue weighted by Crippen LogP contribution is 2.51. The number of hydrogen-bond acceptors (Lipinski definition) is 4. The van der Waals surface area contributed by atoms with Crippen LogP contribution in [0.1, 0.15) is 11.5 Å². The van der Waals surface area contributed by atoms with Crippen molar-refractivity contribution >= 4 is 64.8 Å². The zero-order valence-electron chi connectivity index (χ0n) is 20.9. The molecule has 1 aliphatic carbocycles. The lowest BCUT2D eigenvalue weighted by Gasteiger charge is -2.29. The summed E-state index contributed by atoms with van der Waals surface area (Å²) < 4.78 is 8.82. The van der Waals surface area contributed by atoms with Crippen molar-refractivity contribution < 1.29 is 4.42 Å². The standard InChI is InChI=1S/C35H22N2OS/c1-2-8-24-21(7-1)15-18-26-25-9-3-5-11-28(25)37(34(24)26)23-16-13-22(14-17-23)35-36-33-29(38-35)19-20-31-32(33)27-10-4-6-12-30(27)39-31/h1-20,25,28H. The van der Waals surface area contributed by atoms with Crippen molar-refractivity contribution in [3.05, 3.63) is 127 Å². The number of thiophene rings is 1. The summed E-state index contributed by atoms with van der Waals surface area (Å²) in [4.78, 5) is 7.51. The molecule has 2 aromatic heterocycles. The van der Waals surface area contributed by atoms with Crippen LogP contribution >= 0.6 is 11.3 Å². The second-order valence-electron chi connectivity index (χ2n) is 10.3. The van der Waals surface area contributed by atoms with Crippen LogP contribution in [0.4, 0.5) is 11.4 Å². The van der Waals surface area contributed by atoms with E-state index in [-0.39, 0.29) is 6.04 Å². The summed E-state index contributed by atoms with van der Waals surface area (Å²) in [5.74, 6) is 0.999. The maximum absolute atomic E-state index is 6.31. The van der Waals surface area contributed by atoms with Gasteiger partial charge < -0.3 is 9.32 Å². The van der Waals surface area contributed by atoms with Gasteiger partial charge in [-0.15, -0.1) is 11.3 Å². The number of hydrogen-bond donors (Lipinski definition) is 0. The Labute approximate surface area is 228 Å². The number of nitrogens with zero attached hydrogens (tertiary/aromatic N) is 2. The average molecular weight is 519 g/mol. The van der Waals surface area contributed by atoms with E-state index in [1.807, 2.05) is 6.07 Å². The fraction of sp³-hybridized carbons (Fsp3) is 0.0571. The smallest absolute Gasteiger partial charge is 0.227 e. The molecule has 0 fully saturated rings. The summed E-state index contributed by atoms with van der Waals surface area (Å²) in [5, 5.41) is 4.98. The molecule has 0 N–H and O–H groups in total. The molecule has 2 atom stereocenters. The Morgan fingerprint density at radius 1 is 0.718 bits per heavy atom. The van der Waals surface area contributed by atoms with Crippen LogP contribution in [0.2, 0.25) is 0 Å². The molecule has 0 bridgehead atoms. The third-order valence-corrected chi connectivity index (χ3v) is 9.36. The molecule has 5 aromatic carbocycles. The molecular formula is C35H22N2OS. The van der Waals surface area contributed by atoms with Crippen LogP contribution in [0.25, 0.3) is 53.5 Å². The highest BCUT2D eigenvalue weighted by Gasteiger charge is 2.38. The van der Waals surface area contributed by atoms with Crippen LogP contribution in [0.3, 0.4) is 0 Å². The van der Waals surface area contributed by atoms with Gasteiger partial charge in [-0.25, -0.2) is 4.98 Å². The minimum Gasteiger partial charge on any atom is -0.436 e. The lowest BCUT2D eigenvalue weighted by atomic mass is 9.90. The zero-order valence-corrected chi connectivity index (χ0v) is 21.7. The number of benzene rings is 5. The van der Waals surface area contributed by atoms with Gasteiger partial charge in [-0.3, -0.25) is 0 Å². The maximum atomic E-state index is 6.31. The minimum atomic E-state index is 0.256. The van der Waals surface area contributed by atoms with Crippen molar-refractivity contribution in [2.75, 3.05) is 4.90 Å². The quantitative estimate of drug-likeness (QED) is 0.228. The Balaban J connectivity index is 1.17. The molecule has 2 unspecified atom stereocenters. The third-order valence-electron chi connectivity index (χ3n) is 8.23. The van der Waals surface area contributed by atoms with Gasteiger partial charge in [-0.1, -0.05) is 78.9 Å². The number of fused-ring (bicyclic) bond motifs is 10. The van der Waals surface area contributed by atoms with Gasteiger partial charge in [0.05, 0.1) is 11.7 Å². The molecule has 7 aromatic rings. The van der Waals surface area contributed by atoms with Gasteiger partial charge in [0.15, 0.2) is 5.58 Å². The molecule has 0 saturated carbocycles. The molecule has 1 aliphatic heterocycles. The van der Waals surface area contributed by atoms with Crippen LogP contribution < -0.4 is 4.90 Å². The number of allylic oxidation sites excluding steroid dienone is 2. The van der Waals surface area contributed by atoms with Crippen molar-refractivity contribution in [1.82, 2.24) is 4.98 Å². The Kier molecular flexibility index (Phi) is 4.32. The number of oxazole rings is 1. The lowest BCUT2D eigenvalue weighted by Crippen LogP contribution is -2.28. The van der Waals surface area contributed by atoms with E-state index in [1.165, 1.54) is 47.9 Å². The average Bonchev–Trinajstić information content (AvgIpc) is 3.68. The molecule has 4 heteroatoms. The van der Waals surface area contributed by atoms with Crippen molar-refractivity contribution in [3.63, 3.8) is 0 Å². The number of rotatable bonds is 2. The van der Waals surface area contributed by atoms with Crippen molar-refractivity contribution in [1.29, 1.82) is 0 Å². The molecule has 0 saturated heterocycles. The van der Waals surface area contributed by atoms with E-state index in [9.17, 15) is 0 Å². The Hall–Kier alpha value is -4.67. The van der Waals surface area contributed by atoms with Crippen molar-refractivity contribution in [2.45, 2.75) is 12.0 Å². The first-order valence-corrected chi connectivity index (χ1v) is 14.1. The summed E-state index contributed by atoms with van der Waals surface area (Å²) in [7, 11) is 0. The predicted octanol–water partition coefficient (Wildman–Crippen LogP) is 9.75. The molecule has 39 heavy (non-hydrogen) atoms. The van der Waals surface area contributed by atoms with Crippen LogP contribution in [0, 0.1) is 0 Å². The molecule has 0 spiro atoms. The van der Waals surface area contributed by atoms with Gasteiger partial charge in [-0.2, -0.15) is 0 Å². The van der Waals surface area contributed by atoms with E-state index in [0.717, 1.165) is 16.7 Å². The summed E-state index contributed by atoms with van der Waals surface area (Å²) in [6.45, 7) is 0. The molecule has 0 amide bonds. The third kappa shape index (κ3) is 3.01. The summed E-state index contributed by atoms with van der Waals surface area (Å²) in [6, 6.07) is 34.9. The van der Waals surface area contributed by atoms with Gasteiger partial charge in [-0.05, 0) is 53.4 Å². The minimum absolute atomic E-state index is 0.256. The van der Waals surface area contributed by atoms with E-state index in [4.69, 9.17) is 9.40 Å². The fourth-order valence-corrected chi connectivity index (χ4v) is 7.59. The van der Waals surface area contributed by atoms with Gasteiger partial charge in [0.1, 0.15) is 5.52 Å². The highest BCUT2D eigenvalue weighted by atomic mass is 32.1. The monoisotopic (exact) mass is 518 g/mol. The second kappa shape index (κ2) is 7.92. The predicted molar refractivity (Wildman–Crippen MR) is 163 cm³/mol. The normalized spacial score (nSPS) is 18.0. The SMILES string of the molecule is C1=CC2c3ccc4ccccc4c3N(c3ccc(-c4nc5c(ccc6sc7ccccc7c65)o4)cc3)C2C=C1. The number of anilines is 2. The van der Waals surface area contributed by atoms with Crippen LogP contribution in [0.5, 0.6) is 0 Å². The van der Waals surface area contributed by atoms with E-state index in [1.54, 1.807) is 11.3 Å². The molecular weight excluding hydrogens is 496 g/mol. The Morgan fingerprint density at radius 2 is 1.54 bits per heavy atom. The van der Waals surface area contributed by atoms with Gasteiger partial charge in [0.2, 0.25) is 5.89 Å². The molecule has 184 valence electrons. The van der Waals surface area contributed by atoms with E-state index in [2.05, 4.69) is 120 Å². The van der Waals surface area contributed by atoms with Gasteiger partial charge >= 0.3 is 0 Å². The van der Waals surface area contributed by atoms with Crippen LogP contribution in [-0.2, 0) is 0 Å². The van der Waals surface area contributed by atoms with Crippen LogP contribution in [-0.4, -0.2) is 11.0 Å². The first kappa shape index (κ1) is 21.3. The number of aromatic nitrogens is 1. The Bertz CT molecular complexity index is 2150. The van der Waals surface area contributed by atoms with Crippen molar-refractivity contribution in [3.8, 4) is 11.5 Å². The lowest BCUT2D eigenvalue weighted by molar-refractivity contribution is 0.620. The van der Waals surface area contributed by atoms with Gasteiger partial charge in [0, 0.05) is 42.7 Å². The fourth-order valence-electron chi connectivity index (χ4n) is 6.48. The zero-order chi connectivity index (χ0) is 25.5. The highest BCUT2D eigenvalue weighted by molar-refractivity contribution is 7.26. The molecule has 3 nitrogen and oxygen atoms in total.